The van der Waals surface area contributed by atoms with Crippen molar-refractivity contribution in [1.82, 2.24) is 4.98 Å². The van der Waals surface area contributed by atoms with Crippen molar-refractivity contribution in [1.29, 1.82) is 0 Å². The van der Waals surface area contributed by atoms with Gasteiger partial charge in [0.25, 0.3) is 0 Å². The minimum Gasteiger partial charge on any atom is -0.493 e. The number of hydrogen-bond acceptors (Lipinski definition) is 7. The van der Waals surface area contributed by atoms with Crippen LogP contribution in [0, 0.1) is 10.1 Å². The van der Waals surface area contributed by atoms with E-state index in [0.29, 0.717) is 22.9 Å². The van der Waals surface area contributed by atoms with Gasteiger partial charge in [-0.05, 0) is 6.07 Å². The largest absolute Gasteiger partial charge is 0.493 e. The molecular weight excluding hydrogens is 330 g/mol. The first-order valence-electron chi connectivity index (χ1n) is 7.00. The summed E-state index contributed by atoms with van der Waals surface area (Å²) in [6.07, 6.45) is 1.39. The Kier molecular flexibility index (Phi) is 5.56. The summed E-state index contributed by atoms with van der Waals surface area (Å²) in [5.41, 5.74) is 6.07. The number of ether oxygens (including phenoxy) is 3. The summed E-state index contributed by atoms with van der Waals surface area (Å²) >= 11 is 0. The van der Waals surface area contributed by atoms with Crippen molar-refractivity contribution < 1.29 is 19.1 Å². The second-order valence-electron chi connectivity index (χ2n) is 4.64. The molecule has 1 aromatic carbocycles. The number of aliphatic imine (C=N–C) groups is 1. The van der Waals surface area contributed by atoms with Crippen LogP contribution in [0.4, 0.5) is 17.2 Å². The Morgan fingerprint density at radius 2 is 1.88 bits per heavy atom. The van der Waals surface area contributed by atoms with Crippen LogP contribution in [-0.2, 0) is 0 Å². The third-order valence-electron chi connectivity index (χ3n) is 3.13. The molecule has 0 bridgehead atoms. The molecule has 1 aromatic heterocycles. The summed E-state index contributed by atoms with van der Waals surface area (Å²) in [5.74, 6) is 1.06. The Hall–Kier alpha value is -3.56. The second kappa shape index (κ2) is 7.81. The van der Waals surface area contributed by atoms with Gasteiger partial charge in [0, 0.05) is 30.1 Å². The lowest BCUT2D eigenvalue weighted by molar-refractivity contribution is -0.384. The molecule has 0 radical (unpaired) electrons. The highest BCUT2D eigenvalue weighted by atomic mass is 16.6. The minimum atomic E-state index is -0.585. The normalized spacial score (nSPS) is 10.9. The molecule has 0 fully saturated rings. The van der Waals surface area contributed by atoms with Crippen LogP contribution in [-0.4, -0.2) is 37.2 Å². The minimum absolute atomic E-state index is 0.0870. The molecule has 0 saturated heterocycles. The Balaban J connectivity index is 2.35. The molecule has 2 rings (SSSR count). The zero-order chi connectivity index (χ0) is 18.4. The van der Waals surface area contributed by atoms with Gasteiger partial charge in [-0.15, -0.1) is 0 Å². The maximum Gasteiger partial charge on any atom is 0.313 e. The molecule has 0 aliphatic carbocycles. The third-order valence-corrected chi connectivity index (χ3v) is 3.13. The van der Waals surface area contributed by atoms with E-state index in [1.165, 1.54) is 39.7 Å². The number of nitro groups is 1. The summed E-state index contributed by atoms with van der Waals surface area (Å²) in [7, 11) is 4.45. The molecule has 0 atom stereocenters. The highest BCUT2D eigenvalue weighted by Crippen LogP contribution is 2.39. The van der Waals surface area contributed by atoms with Crippen molar-refractivity contribution in [3.8, 4) is 17.2 Å². The molecule has 0 amide bonds. The average Bonchev–Trinajstić information content (AvgIpc) is 2.60. The van der Waals surface area contributed by atoms with Gasteiger partial charge in [-0.3, -0.25) is 10.1 Å². The van der Waals surface area contributed by atoms with Crippen LogP contribution in [0.25, 0.3) is 0 Å². The number of anilines is 1. The Morgan fingerprint density at radius 1 is 1.24 bits per heavy atom. The summed E-state index contributed by atoms with van der Waals surface area (Å²) in [6.45, 7) is 0. The number of aromatic nitrogens is 1. The number of pyridine rings is 1. The molecule has 25 heavy (non-hydrogen) atoms. The van der Waals surface area contributed by atoms with E-state index in [2.05, 4.69) is 15.3 Å². The molecule has 132 valence electrons. The quantitative estimate of drug-likeness (QED) is 0.351. The van der Waals surface area contributed by atoms with E-state index < -0.39 is 4.92 Å². The SMILES string of the molecule is COc1cc(NC(N)=Nc2ncccc2[N+](=O)[O-])cc(OC)c1OC. The fraction of sp³-hybridized carbons (Fsp3) is 0.200. The molecule has 0 unspecified atom stereocenters. The summed E-state index contributed by atoms with van der Waals surface area (Å²) in [6, 6.07) is 5.98. The first-order valence-corrected chi connectivity index (χ1v) is 7.00. The lowest BCUT2D eigenvalue weighted by atomic mass is 10.2. The summed E-state index contributed by atoms with van der Waals surface area (Å²) in [4.78, 5) is 18.2. The van der Waals surface area contributed by atoms with Gasteiger partial charge >= 0.3 is 5.69 Å². The predicted molar refractivity (Wildman–Crippen MR) is 91.9 cm³/mol. The highest BCUT2D eigenvalue weighted by molar-refractivity contribution is 5.95. The van der Waals surface area contributed by atoms with Gasteiger partial charge in [0.1, 0.15) is 0 Å². The van der Waals surface area contributed by atoms with Gasteiger partial charge < -0.3 is 25.3 Å². The number of nitrogens with zero attached hydrogens (tertiary/aromatic N) is 3. The van der Waals surface area contributed by atoms with Gasteiger partial charge in [0.15, 0.2) is 17.5 Å². The molecule has 3 N–H and O–H groups in total. The molecule has 0 saturated carbocycles. The van der Waals surface area contributed by atoms with E-state index in [4.69, 9.17) is 19.9 Å². The van der Waals surface area contributed by atoms with Crippen LogP contribution >= 0.6 is 0 Å². The van der Waals surface area contributed by atoms with Crippen LogP contribution < -0.4 is 25.3 Å². The molecule has 2 aromatic rings. The molecule has 10 heteroatoms. The lowest BCUT2D eigenvalue weighted by Crippen LogP contribution is -2.22. The van der Waals surface area contributed by atoms with Crippen molar-refractivity contribution in [3.05, 3.63) is 40.6 Å². The van der Waals surface area contributed by atoms with E-state index in [1.54, 1.807) is 12.1 Å². The number of benzene rings is 1. The maximum absolute atomic E-state index is 11.0. The van der Waals surface area contributed by atoms with Gasteiger partial charge in [0.05, 0.1) is 26.3 Å². The number of rotatable bonds is 6. The van der Waals surface area contributed by atoms with Crippen LogP contribution in [0.1, 0.15) is 0 Å². The topological polar surface area (TPSA) is 134 Å². The highest BCUT2D eigenvalue weighted by Gasteiger charge is 2.16. The van der Waals surface area contributed by atoms with Crippen LogP contribution in [0.3, 0.4) is 0 Å². The zero-order valence-electron chi connectivity index (χ0n) is 13.8. The lowest BCUT2D eigenvalue weighted by Gasteiger charge is -2.14. The first kappa shape index (κ1) is 17.8. The maximum atomic E-state index is 11.0. The number of hydrogen-bond donors (Lipinski definition) is 2. The summed E-state index contributed by atoms with van der Waals surface area (Å²) < 4.78 is 15.7. The fourth-order valence-corrected chi connectivity index (χ4v) is 2.06. The van der Waals surface area contributed by atoms with E-state index in [9.17, 15) is 10.1 Å². The average molecular weight is 347 g/mol. The number of methoxy groups -OCH3 is 3. The van der Waals surface area contributed by atoms with Crippen LogP contribution in [0.5, 0.6) is 17.2 Å². The van der Waals surface area contributed by atoms with E-state index in [1.807, 2.05) is 0 Å². The standard InChI is InChI=1S/C15H17N5O5/c1-23-11-7-9(8-12(24-2)13(11)25-3)18-15(16)19-14-10(20(21)22)5-4-6-17-14/h4-8H,1-3H3,(H3,16,17,18,19). The second-order valence-corrected chi connectivity index (χ2v) is 4.64. The van der Waals surface area contributed by atoms with Gasteiger partial charge in [0.2, 0.25) is 11.6 Å². The van der Waals surface area contributed by atoms with Crippen LogP contribution in [0.2, 0.25) is 0 Å². The first-order chi connectivity index (χ1) is 12.0. The van der Waals surface area contributed by atoms with Crippen molar-refractivity contribution in [2.24, 2.45) is 10.7 Å². The van der Waals surface area contributed by atoms with Crippen molar-refractivity contribution in [2.45, 2.75) is 0 Å². The fourth-order valence-electron chi connectivity index (χ4n) is 2.06. The predicted octanol–water partition coefficient (Wildman–Crippen LogP) is 2.07. The zero-order valence-corrected chi connectivity index (χ0v) is 13.8. The number of guanidine groups is 1. The Labute approximate surface area is 143 Å². The van der Waals surface area contributed by atoms with E-state index in [-0.39, 0.29) is 17.5 Å². The summed E-state index contributed by atoms with van der Waals surface area (Å²) in [5, 5.41) is 13.8. The molecule has 1 heterocycles. The Morgan fingerprint density at radius 3 is 2.40 bits per heavy atom. The monoisotopic (exact) mass is 347 g/mol. The van der Waals surface area contributed by atoms with E-state index in [0.717, 1.165) is 0 Å². The number of nitrogens with two attached hydrogens (primary N) is 1. The molecular formula is C15H17N5O5. The van der Waals surface area contributed by atoms with Gasteiger partial charge in [-0.25, -0.2) is 4.98 Å². The van der Waals surface area contributed by atoms with Gasteiger partial charge in [-0.1, -0.05) is 0 Å². The molecule has 0 spiro atoms. The van der Waals surface area contributed by atoms with Gasteiger partial charge in [-0.2, -0.15) is 4.99 Å². The molecule has 0 aliphatic rings. The molecule has 0 aliphatic heterocycles. The molecule has 10 nitrogen and oxygen atoms in total. The van der Waals surface area contributed by atoms with E-state index >= 15 is 0 Å². The number of nitrogens with one attached hydrogen (secondary N) is 1. The third kappa shape index (κ3) is 4.05. The van der Waals surface area contributed by atoms with Crippen molar-refractivity contribution in [3.63, 3.8) is 0 Å². The van der Waals surface area contributed by atoms with Crippen molar-refractivity contribution >= 4 is 23.2 Å². The Bertz CT molecular complexity index is 784. The smallest absolute Gasteiger partial charge is 0.313 e. The van der Waals surface area contributed by atoms with Crippen molar-refractivity contribution in [2.75, 3.05) is 26.6 Å². The van der Waals surface area contributed by atoms with Crippen LogP contribution in [0.15, 0.2) is 35.5 Å².